The van der Waals surface area contributed by atoms with Crippen LogP contribution in [0.3, 0.4) is 0 Å². The van der Waals surface area contributed by atoms with Crippen LogP contribution >= 0.6 is 0 Å². The summed E-state index contributed by atoms with van der Waals surface area (Å²) in [5.41, 5.74) is 0.783. The summed E-state index contributed by atoms with van der Waals surface area (Å²) >= 11 is 0. The van der Waals surface area contributed by atoms with Gasteiger partial charge in [-0.1, -0.05) is 24.3 Å². The molecule has 4 saturated carbocycles. The molecule has 0 aromatic carbocycles. The largest absolute Gasteiger partial charge is 0.297 e. The second kappa shape index (κ2) is 7.28. The van der Waals surface area contributed by atoms with Gasteiger partial charge in [0.2, 0.25) is 0 Å². The van der Waals surface area contributed by atoms with Gasteiger partial charge in [0.1, 0.15) is 0 Å². The van der Waals surface area contributed by atoms with Crippen LogP contribution in [0.15, 0.2) is 24.3 Å². The molecule has 0 aliphatic heterocycles. The van der Waals surface area contributed by atoms with Gasteiger partial charge in [-0.05, 0) is 87.9 Å². The molecular formula is C20H34N2O2. The first-order valence-electron chi connectivity index (χ1n) is 9.53. The lowest BCUT2D eigenvalue weighted by molar-refractivity contribution is -0.140. The van der Waals surface area contributed by atoms with Crippen LogP contribution in [0, 0.1) is 22.7 Å². The molecule has 0 saturated heterocycles. The fourth-order valence-corrected chi connectivity index (χ4v) is 6.73. The zero-order chi connectivity index (χ0) is 17.2. The number of hydrogen-bond donors (Lipinski definition) is 2. The second-order valence-electron chi connectivity index (χ2n) is 8.77. The van der Waals surface area contributed by atoms with Crippen LogP contribution in [0.4, 0.5) is 0 Å². The van der Waals surface area contributed by atoms with Gasteiger partial charge in [-0.15, -0.1) is 0 Å². The third-order valence-corrected chi connectivity index (χ3v) is 6.74. The van der Waals surface area contributed by atoms with Crippen LogP contribution in [-0.2, 0) is 9.68 Å². The minimum atomic E-state index is 0.0420. The normalized spacial score (nSPS) is 40.7. The Morgan fingerprint density at radius 3 is 1.62 bits per heavy atom. The standard InChI is InChI=1S/C20H34N2O2/c1-3-5-17(23-21)12-19-8-15-7-16(9-19)11-20(10-15,14-19)13-18(24-22)6-4-2/h3-6,15-18H,7-14,21-22H2,1-2H3/b5-3+,6-4+. The van der Waals surface area contributed by atoms with E-state index in [0.29, 0.717) is 10.8 Å². The quantitative estimate of drug-likeness (QED) is 0.519. The predicted octanol–water partition coefficient (Wildman–Crippen LogP) is 4.02. The van der Waals surface area contributed by atoms with Crippen LogP contribution < -0.4 is 11.8 Å². The number of hydrogen-bond acceptors (Lipinski definition) is 4. The highest BCUT2D eigenvalue weighted by molar-refractivity contribution is 5.10. The Morgan fingerprint density at radius 2 is 1.29 bits per heavy atom. The molecule has 24 heavy (non-hydrogen) atoms. The Morgan fingerprint density at radius 1 is 0.875 bits per heavy atom. The monoisotopic (exact) mass is 334 g/mol. The van der Waals surface area contributed by atoms with Crippen molar-refractivity contribution in [3.63, 3.8) is 0 Å². The Kier molecular flexibility index (Phi) is 5.50. The number of nitrogens with two attached hydrogens (primary N) is 2. The van der Waals surface area contributed by atoms with Crippen LogP contribution in [0.5, 0.6) is 0 Å². The highest BCUT2D eigenvalue weighted by Gasteiger charge is 2.58. The van der Waals surface area contributed by atoms with Gasteiger partial charge in [0.05, 0.1) is 12.2 Å². The van der Waals surface area contributed by atoms with Crippen molar-refractivity contribution in [1.29, 1.82) is 0 Å². The van der Waals surface area contributed by atoms with Gasteiger partial charge in [-0.25, -0.2) is 11.8 Å². The second-order valence-corrected chi connectivity index (χ2v) is 8.77. The smallest absolute Gasteiger partial charge is 0.0973 e. The van der Waals surface area contributed by atoms with Gasteiger partial charge >= 0.3 is 0 Å². The maximum absolute atomic E-state index is 5.57. The average molecular weight is 335 g/mol. The molecule has 0 amide bonds. The van der Waals surface area contributed by atoms with Crippen molar-refractivity contribution in [2.45, 2.75) is 77.4 Å². The Labute approximate surface area is 146 Å². The van der Waals surface area contributed by atoms with Crippen molar-refractivity contribution in [2.24, 2.45) is 34.5 Å². The molecule has 4 rings (SSSR count). The molecular weight excluding hydrogens is 300 g/mol. The van der Waals surface area contributed by atoms with E-state index in [-0.39, 0.29) is 12.2 Å². The first kappa shape index (κ1) is 18.1. The van der Waals surface area contributed by atoms with Gasteiger partial charge in [0.25, 0.3) is 0 Å². The van der Waals surface area contributed by atoms with E-state index < -0.39 is 0 Å². The van der Waals surface area contributed by atoms with E-state index in [2.05, 4.69) is 24.3 Å². The van der Waals surface area contributed by atoms with Gasteiger partial charge in [-0.3, -0.25) is 9.68 Å². The summed E-state index contributed by atoms with van der Waals surface area (Å²) in [6, 6.07) is 0. The zero-order valence-corrected chi connectivity index (χ0v) is 15.2. The van der Waals surface area contributed by atoms with Crippen LogP contribution in [0.1, 0.15) is 65.2 Å². The zero-order valence-electron chi connectivity index (χ0n) is 15.2. The van der Waals surface area contributed by atoms with Crippen molar-refractivity contribution >= 4 is 0 Å². The molecule has 4 nitrogen and oxygen atoms in total. The summed E-state index contributed by atoms with van der Waals surface area (Å²) in [5, 5.41) is 0. The molecule has 2 unspecified atom stereocenters. The first-order chi connectivity index (χ1) is 11.6. The van der Waals surface area contributed by atoms with E-state index in [0.717, 1.165) is 24.7 Å². The van der Waals surface area contributed by atoms with E-state index in [1.54, 1.807) is 0 Å². The number of rotatable bonds is 8. The molecule has 4 N–H and O–H groups in total. The van der Waals surface area contributed by atoms with Crippen molar-refractivity contribution < 1.29 is 9.68 Å². The summed E-state index contributed by atoms with van der Waals surface area (Å²) in [4.78, 5) is 10.5. The summed E-state index contributed by atoms with van der Waals surface area (Å²) < 4.78 is 0. The highest BCUT2D eigenvalue weighted by Crippen LogP contribution is 2.68. The predicted molar refractivity (Wildman–Crippen MR) is 96.5 cm³/mol. The Bertz CT molecular complexity index is 434. The van der Waals surface area contributed by atoms with Crippen molar-refractivity contribution in [3.8, 4) is 0 Å². The van der Waals surface area contributed by atoms with E-state index in [1.165, 1.54) is 38.5 Å². The lowest BCUT2D eigenvalue weighted by Gasteiger charge is -2.63. The van der Waals surface area contributed by atoms with Crippen LogP contribution in [0.25, 0.3) is 0 Å². The van der Waals surface area contributed by atoms with Gasteiger partial charge < -0.3 is 0 Å². The van der Waals surface area contributed by atoms with E-state index >= 15 is 0 Å². The third kappa shape index (κ3) is 3.62. The molecule has 136 valence electrons. The molecule has 4 aliphatic rings. The van der Waals surface area contributed by atoms with E-state index in [1.807, 2.05) is 13.8 Å². The molecule has 0 aromatic heterocycles. The molecule has 4 bridgehead atoms. The van der Waals surface area contributed by atoms with E-state index in [4.69, 9.17) is 21.5 Å². The molecule has 0 radical (unpaired) electrons. The molecule has 4 aliphatic carbocycles. The molecule has 0 aromatic rings. The average Bonchev–Trinajstić information content (AvgIpc) is 2.52. The summed E-state index contributed by atoms with van der Waals surface area (Å²) in [6.07, 6.45) is 18.6. The number of allylic oxidation sites excluding steroid dienone is 2. The molecule has 0 spiro atoms. The lowest BCUT2D eigenvalue weighted by atomic mass is 9.42. The summed E-state index contributed by atoms with van der Waals surface area (Å²) in [6.45, 7) is 4.07. The van der Waals surface area contributed by atoms with E-state index in [9.17, 15) is 0 Å². The molecule has 2 atom stereocenters. The van der Waals surface area contributed by atoms with Crippen molar-refractivity contribution in [2.75, 3.05) is 0 Å². The fraction of sp³-hybridized carbons (Fsp3) is 0.800. The SMILES string of the molecule is C/C=C/C(CC12CC3CC(C1)CC(CC(/C=C/C)ON)(C3)C2)ON. The van der Waals surface area contributed by atoms with Crippen molar-refractivity contribution in [1.82, 2.24) is 0 Å². The lowest BCUT2D eigenvalue weighted by Crippen LogP contribution is -2.53. The molecule has 4 fully saturated rings. The Hall–Kier alpha value is -0.680. The van der Waals surface area contributed by atoms with Gasteiger partial charge in [0, 0.05) is 0 Å². The highest BCUT2D eigenvalue weighted by atomic mass is 16.6. The first-order valence-corrected chi connectivity index (χ1v) is 9.53. The Balaban J connectivity index is 1.79. The minimum Gasteiger partial charge on any atom is -0.297 e. The summed E-state index contributed by atoms with van der Waals surface area (Å²) in [5.74, 6) is 12.9. The van der Waals surface area contributed by atoms with Crippen molar-refractivity contribution in [3.05, 3.63) is 24.3 Å². The topological polar surface area (TPSA) is 70.5 Å². The molecule has 4 heteroatoms. The fourth-order valence-electron chi connectivity index (χ4n) is 6.73. The maximum Gasteiger partial charge on any atom is 0.0973 e. The minimum absolute atomic E-state index is 0.0420. The maximum atomic E-state index is 5.57. The van der Waals surface area contributed by atoms with Crippen LogP contribution in [-0.4, -0.2) is 12.2 Å². The van der Waals surface area contributed by atoms with Gasteiger partial charge in [0.15, 0.2) is 0 Å². The van der Waals surface area contributed by atoms with Crippen LogP contribution in [0.2, 0.25) is 0 Å². The summed E-state index contributed by atoms with van der Waals surface area (Å²) in [7, 11) is 0. The van der Waals surface area contributed by atoms with Gasteiger partial charge in [-0.2, -0.15) is 0 Å². The third-order valence-electron chi connectivity index (χ3n) is 6.74. The molecule has 0 heterocycles.